The lowest BCUT2D eigenvalue weighted by molar-refractivity contribution is -0.114. The molecule has 0 fully saturated rings. The van der Waals surface area contributed by atoms with E-state index in [0.29, 0.717) is 0 Å². The number of benzene rings is 2. The lowest BCUT2D eigenvalue weighted by Gasteiger charge is -2.12. The van der Waals surface area contributed by atoms with Crippen molar-refractivity contribution in [3.05, 3.63) is 52.1 Å². The van der Waals surface area contributed by atoms with Crippen molar-refractivity contribution in [2.24, 2.45) is 0 Å². The molecule has 2 aromatic rings. The Kier molecular flexibility index (Phi) is 6.06. The van der Waals surface area contributed by atoms with Crippen molar-refractivity contribution in [3.63, 3.8) is 0 Å². The molecule has 0 radical (unpaired) electrons. The molecule has 0 spiro atoms. The topological polar surface area (TPSA) is 50.4 Å². The second-order valence-corrected chi connectivity index (χ2v) is 6.35. The average Bonchev–Trinajstić information content (AvgIpc) is 2.47. The van der Waals surface area contributed by atoms with Crippen LogP contribution in [0.1, 0.15) is 13.8 Å². The Bertz CT molecular complexity index is 627. The second kappa shape index (κ2) is 8.03. The van der Waals surface area contributed by atoms with E-state index < -0.39 is 0 Å². The zero-order valence-corrected chi connectivity index (χ0v) is 14.8. The van der Waals surface area contributed by atoms with Gasteiger partial charge in [-0.1, -0.05) is 6.07 Å². The van der Waals surface area contributed by atoms with Crippen molar-refractivity contribution < 1.29 is 9.53 Å². The average molecular weight is 410 g/mol. The number of hydrogen-bond donors (Lipinski definition) is 2. The SMILES string of the molecule is CC(C)Oc1cccc(NCC(=O)Nc2ccc(I)cc2)c1. The van der Waals surface area contributed by atoms with Gasteiger partial charge in [0.05, 0.1) is 12.6 Å². The molecule has 2 aromatic carbocycles. The molecule has 5 heteroatoms. The highest BCUT2D eigenvalue weighted by atomic mass is 127. The summed E-state index contributed by atoms with van der Waals surface area (Å²) < 4.78 is 6.76. The Hall–Kier alpha value is -1.76. The van der Waals surface area contributed by atoms with E-state index >= 15 is 0 Å². The minimum absolute atomic E-state index is 0.0867. The summed E-state index contributed by atoms with van der Waals surface area (Å²) in [6, 6.07) is 15.3. The van der Waals surface area contributed by atoms with E-state index in [1.54, 1.807) is 0 Å². The molecular weight excluding hydrogens is 391 g/mol. The molecule has 2 N–H and O–H groups in total. The maximum atomic E-state index is 11.9. The molecule has 0 bridgehead atoms. The fourth-order valence-electron chi connectivity index (χ4n) is 1.87. The monoisotopic (exact) mass is 410 g/mol. The summed E-state index contributed by atoms with van der Waals surface area (Å²) in [5, 5.41) is 5.95. The lowest BCUT2D eigenvalue weighted by atomic mass is 10.3. The van der Waals surface area contributed by atoms with E-state index in [2.05, 4.69) is 33.2 Å². The number of carbonyl (C=O) groups is 1. The molecule has 116 valence electrons. The highest BCUT2D eigenvalue weighted by molar-refractivity contribution is 14.1. The predicted octanol–water partition coefficient (Wildman–Crippen LogP) is 4.13. The maximum Gasteiger partial charge on any atom is 0.243 e. The first-order valence-corrected chi connectivity index (χ1v) is 8.17. The zero-order valence-electron chi connectivity index (χ0n) is 12.6. The summed E-state index contributed by atoms with van der Waals surface area (Å²) in [7, 11) is 0. The summed E-state index contributed by atoms with van der Waals surface area (Å²) in [4.78, 5) is 11.9. The first kappa shape index (κ1) is 16.6. The molecule has 0 aromatic heterocycles. The molecule has 2 rings (SSSR count). The van der Waals surface area contributed by atoms with Crippen molar-refractivity contribution >= 4 is 39.9 Å². The molecule has 0 unspecified atom stereocenters. The number of nitrogens with one attached hydrogen (secondary N) is 2. The lowest BCUT2D eigenvalue weighted by Crippen LogP contribution is -2.21. The third-order valence-corrected chi connectivity index (χ3v) is 3.51. The number of rotatable bonds is 6. The predicted molar refractivity (Wildman–Crippen MR) is 98.5 cm³/mol. The van der Waals surface area contributed by atoms with E-state index in [1.807, 2.05) is 62.4 Å². The van der Waals surface area contributed by atoms with Gasteiger partial charge in [-0.25, -0.2) is 0 Å². The van der Waals surface area contributed by atoms with Gasteiger partial charge in [-0.3, -0.25) is 4.79 Å². The van der Waals surface area contributed by atoms with Crippen LogP contribution in [0, 0.1) is 3.57 Å². The summed E-state index contributed by atoms with van der Waals surface area (Å²) in [5.41, 5.74) is 1.65. The molecule has 1 amide bonds. The largest absolute Gasteiger partial charge is 0.491 e. The van der Waals surface area contributed by atoms with Crippen molar-refractivity contribution in [2.75, 3.05) is 17.2 Å². The van der Waals surface area contributed by atoms with E-state index in [1.165, 1.54) is 0 Å². The minimum atomic E-state index is -0.0867. The third kappa shape index (κ3) is 5.55. The van der Waals surface area contributed by atoms with Gasteiger partial charge in [-0.05, 0) is 72.8 Å². The van der Waals surface area contributed by atoms with Crippen molar-refractivity contribution in [1.82, 2.24) is 0 Å². The standard InChI is InChI=1S/C17H19IN2O2/c1-12(2)22-16-5-3-4-15(10-16)19-11-17(21)20-14-8-6-13(18)7-9-14/h3-10,12,19H,11H2,1-2H3,(H,20,21). The first-order chi connectivity index (χ1) is 10.5. The van der Waals surface area contributed by atoms with Crippen molar-refractivity contribution in [1.29, 1.82) is 0 Å². The van der Waals surface area contributed by atoms with Crippen LogP contribution in [0.5, 0.6) is 5.75 Å². The zero-order chi connectivity index (χ0) is 15.9. The van der Waals surface area contributed by atoms with Crippen LogP contribution in [0.4, 0.5) is 11.4 Å². The number of anilines is 2. The first-order valence-electron chi connectivity index (χ1n) is 7.09. The Balaban J connectivity index is 1.86. The Labute approximate surface area is 144 Å². The van der Waals surface area contributed by atoms with Crippen molar-refractivity contribution in [3.8, 4) is 5.75 Å². The molecule has 4 nitrogen and oxygen atoms in total. The number of ether oxygens (including phenoxy) is 1. The highest BCUT2D eigenvalue weighted by Gasteiger charge is 2.04. The van der Waals surface area contributed by atoms with Gasteiger partial charge >= 0.3 is 0 Å². The van der Waals surface area contributed by atoms with Gasteiger partial charge in [-0.15, -0.1) is 0 Å². The van der Waals surface area contributed by atoms with E-state index in [0.717, 1.165) is 20.7 Å². The van der Waals surface area contributed by atoms with E-state index in [9.17, 15) is 4.79 Å². The van der Waals surface area contributed by atoms with Gasteiger partial charge in [-0.2, -0.15) is 0 Å². The molecular formula is C17H19IN2O2. The molecule has 0 aliphatic rings. The van der Waals surface area contributed by atoms with Crippen LogP contribution < -0.4 is 15.4 Å². The van der Waals surface area contributed by atoms with Gasteiger partial charge in [0.25, 0.3) is 0 Å². The quantitative estimate of drug-likeness (QED) is 0.705. The number of hydrogen-bond acceptors (Lipinski definition) is 3. The molecule has 0 aliphatic heterocycles. The molecule has 22 heavy (non-hydrogen) atoms. The highest BCUT2D eigenvalue weighted by Crippen LogP contribution is 2.18. The fourth-order valence-corrected chi connectivity index (χ4v) is 2.23. The normalized spacial score (nSPS) is 10.4. The number of carbonyl (C=O) groups excluding carboxylic acids is 1. The van der Waals surface area contributed by atoms with Gasteiger partial charge in [0, 0.05) is 21.0 Å². The van der Waals surface area contributed by atoms with E-state index in [4.69, 9.17) is 4.74 Å². The van der Waals surface area contributed by atoms with E-state index in [-0.39, 0.29) is 18.6 Å². The Morgan fingerprint density at radius 3 is 2.55 bits per heavy atom. The Morgan fingerprint density at radius 2 is 1.86 bits per heavy atom. The molecule has 0 aliphatic carbocycles. The second-order valence-electron chi connectivity index (χ2n) is 5.10. The smallest absolute Gasteiger partial charge is 0.243 e. The summed E-state index contributed by atoms with van der Waals surface area (Å²) >= 11 is 2.23. The minimum Gasteiger partial charge on any atom is -0.491 e. The molecule has 0 heterocycles. The van der Waals surface area contributed by atoms with Crippen LogP contribution in [0.25, 0.3) is 0 Å². The van der Waals surface area contributed by atoms with Gasteiger partial charge in [0.2, 0.25) is 5.91 Å². The number of amides is 1. The molecule has 0 atom stereocenters. The van der Waals surface area contributed by atoms with Crippen LogP contribution >= 0.6 is 22.6 Å². The van der Waals surface area contributed by atoms with Gasteiger partial charge in [0.15, 0.2) is 0 Å². The summed E-state index contributed by atoms with van der Waals surface area (Å²) in [5.74, 6) is 0.703. The van der Waals surface area contributed by atoms with Crippen LogP contribution in [0.15, 0.2) is 48.5 Å². The number of halogens is 1. The van der Waals surface area contributed by atoms with Crippen LogP contribution in [-0.4, -0.2) is 18.6 Å². The van der Waals surface area contributed by atoms with Gasteiger partial charge < -0.3 is 15.4 Å². The summed E-state index contributed by atoms with van der Waals surface area (Å²) in [6.07, 6.45) is 0.124. The van der Waals surface area contributed by atoms with Crippen LogP contribution in [-0.2, 0) is 4.79 Å². The summed E-state index contributed by atoms with van der Waals surface area (Å²) in [6.45, 7) is 4.17. The molecule has 0 saturated carbocycles. The van der Waals surface area contributed by atoms with Crippen LogP contribution in [0.3, 0.4) is 0 Å². The maximum absolute atomic E-state index is 11.9. The fraction of sp³-hybridized carbons (Fsp3) is 0.235. The van der Waals surface area contributed by atoms with Crippen LogP contribution in [0.2, 0.25) is 0 Å². The van der Waals surface area contributed by atoms with Crippen molar-refractivity contribution in [2.45, 2.75) is 20.0 Å². The Morgan fingerprint density at radius 1 is 1.14 bits per heavy atom. The third-order valence-electron chi connectivity index (χ3n) is 2.79. The van der Waals surface area contributed by atoms with Gasteiger partial charge in [0.1, 0.15) is 5.75 Å². The molecule has 0 saturated heterocycles.